The molecule has 2 aromatic rings. The SMILES string of the molecule is CCCOc1ccc(NC(=S)NC(=O)CCc2ccccc2Cl)cc1. The molecule has 25 heavy (non-hydrogen) atoms. The molecule has 0 aliphatic carbocycles. The van der Waals surface area contributed by atoms with Crippen LogP contribution in [0, 0.1) is 0 Å². The predicted octanol–water partition coefficient (Wildman–Crippen LogP) is 4.57. The molecular formula is C19H21ClN2O2S. The van der Waals surface area contributed by atoms with Crippen LogP contribution in [0.3, 0.4) is 0 Å². The quantitative estimate of drug-likeness (QED) is 0.695. The fourth-order valence-electron chi connectivity index (χ4n) is 2.16. The summed E-state index contributed by atoms with van der Waals surface area (Å²) in [6.45, 7) is 2.75. The van der Waals surface area contributed by atoms with Crippen LogP contribution in [-0.2, 0) is 11.2 Å². The van der Waals surface area contributed by atoms with E-state index in [2.05, 4.69) is 17.6 Å². The molecule has 1 amide bonds. The van der Waals surface area contributed by atoms with Gasteiger partial charge >= 0.3 is 0 Å². The van der Waals surface area contributed by atoms with Gasteiger partial charge in [-0.2, -0.15) is 0 Å². The van der Waals surface area contributed by atoms with Gasteiger partial charge in [-0.15, -0.1) is 0 Å². The summed E-state index contributed by atoms with van der Waals surface area (Å²) < 4.78 is 5.52. The molecule has 0 atom stereocenters. The molecule has 0 bridgehead atoms. The Balaban J connectivity index is 1.77. The number of amides is 1. The van der Waals surface area contributed by atoms with Gasteiger partial charge in [0.15, 0.2) is 5.11 Å². The normalized spacial score (nSPS) is 10.2. The maximum atomic E-state index is 12.0. The van der Waals surface area contributed by atoms with Crippen molar-refractivity contribution in [3.63, 3.8) is 0 Å². The summed E-state index contributed by atoms with van der Waals surface area (Å²) >= 11 is 11.3. The molecule has 0 radical (unpaired) electrons. The first-order chi connectivity index (χ1) is 12.1. The van der Waals surface area contributed by atoms with Crippen molar-refractivity contribution in [2.75, 3.05) is 11.9 Å². The zero-order valence-electron chi connectivity index (χ0n) is 14.0. The number of benzene rings is 2. The molecule has 0 saturated heterocycles. The fourth-order valence-corrected chi connectivity index (χ4v) is 2.62. The van der Waals surface area contributed by atoms with Gasteiger partial charge in [0.1, 0.15) is 5.75 Å². The van der Waals surface area contributed by atoms with Gasteiger partial charge < -0.3 is 15.4 Å². The Labute approximate surface area is 158 Å². The van der Waals surface area contributed by atoms with Crippen molar-refractivity contribution in [3.8, 4) is 5.75 Å². The summed E-state index contributed by atoms with van der Waals surface area (Å²) in [5.41, 5.74) is 1.74. The summed E-state index contributed by atoms with van der Waals surface area (Å²) in [7, 11) is 0. The van der Waals surface area contributed by atoms with Crippen molar-refractivity contribution in [1.82, 2.24) is 5.32 Å². The number of anilines is 1. The fraction of sp³-hybridized carbons (Fsp3) is 0.263. The Morgan fingerprint density at radius 3 is 2.56 bits per heavy atom. The van der Waals surface area contributed by atoms with Crippen LogP contribution < -0.4 is 15.4 Å². The monoisotopic (exact) mass is 376 g/mol. The molecular weight excluding hydrogens is 356 g/mol. The van der Waals surface area contributed by atoms with E-state index in [1.807, 2.05) is 48.5 Å². The highest BCUT2D eigenvalue weighted by atomic mass is 35.5. The highest BCUT2D eigenvalue weighted by Crippen LogP contribution is 2.17. The summed E-state index contributed by atoms with van der Waals surface area (Å²) in [5, 5.41) is 6.60. The Morgan fingerprint density at radius 2 is 1.88 bits per heavy atom. The summed E-state index contributed by atoms with van der Waals surface area (Å²) in [6.07, 6.45) is 1.84. The minimum Gasteiger partial charge on any atom is -0.494 e. The molecule has 0 spiro atoms. The van der Waals surface area contributed by atoms with Gasteiger partial charge in [0.25, 0.3) is 0 Å². The maximum absolute atomic E-state index is 12.0. The number of hydrogen-bond acceptors (Lipinski definition) is 3. The molecule has 2 aromatic carbocycles. The number of thiocarbonyl (C=S) groups is 1. The average Bonchev–Trinajstić information content (AvgIpc) is 2.60. The van der Waals surface area contributed by atoms with Gasteiger partial charge in [-0.25, -0.2) is 0 Å². The predicted molar refractivity (Wildman–Crippen MR) is 106 cm³/mol. The largest absolute Gasteiger partial charge is 0.494 e. The Kier molecular flexibility index (Phi) is 7.70. The van der Waals surface area contributed by atoms with E-state index in [4.69, 9.17) is 28.6 Å². The van der Waals surface area contributed by atoms with E-state index in [0.29, 0.717) is 24.5 Å². The molecule has 0 aromatic heterocycles. The molecule has 132 valence electrons. The van der Waals surface area contributed by atoms with Gasteiger partial charge in [0.05, 0.1) is 6.61 Å². The standard InChI is InChI=1S/C19H21ClN2O2S/c1-2-13-24-16-10-8-15(9-11-16)21-19(25)22-18(23)12-7-14-5-3-4-6-17(14)20/h3-6,8-11H,2,7,12-13H2,1H3,(H2,21,22,23,25). The van der Waals surface area contributed by atoms with Crippen LogP contribution >= 0.6 is 23.8 Å². The van der Waals surface area contributed by atoms with Crippen LogP contribution in [0.2, 0.25) is 5.02 Å². The van der Waals surface area contributed by atoms with Gasteiger partial charge in [-0.3, -0.25) is 4.79 Å². The van der Waals surface area contributed by atoms with E-state index >= 15 is 0 Å². The number of aryl methyl sites for hydroxylation is 1. The van der Waals surface area contributed by atoms with Crippen molar-refractivity contribution in [1.29, 1.82) is 0 Å². The number of rotatable bonds is 7. The van der Waals surface area contributed by atoms with Crippen LogP contribution in [0.5, 0.6) is 5.75 Å². The molecule has 0 saturated carbocycles. The van der Waals surface area contributed by atoms with E-state index in [1.165, 1.54) is 0 Å². The van der Waals surface area contributed by atoms with Gasteiger partial charge in [-0.1, -0.05) is 36.7 Å². The van der Waals surface area contributed by atoms with Gasteiger partial charge in [0.2, 0.25) is 5.91 Å². The number of carbonyl (C=O) groups excluding carboxylic acids is 1. The lowest BCUT2D eigenvalue weighted by Crippen LogP contribution is -2.34. The molecule has 0 fully saturated rings. The summed E-state index contributed by atoms with van der Waals surface area (Å²) in [6, 6.07) is 14.9. The Morgan fingerprint density at radius 1 is 1.16 bits per heavy atom. The second-order valence-corrected chi connectivity index (χ2v) is 6.28. The second kappa shape index (κ2) is 10.0. The minimum atomic E-state index is -0.152. The van der Waals surface area contributed by atoms with Crippen molar-refractivity contribution >= 4 is 40.5 Å². The minimum absolute atomic E-state index is 0.152. The molecule has 4 nitrogen and oxygen atoms in total. The van der Waals surface area contributed by atoms with Crippen molar-refractivity contribution in [3.05, 3.63) is 59.1 Å². The number of carbonyl (C=O) groups is 1. The van der Waals surface area contributed by atoms with Crippen LogP contribution in [0.1, 0.15) is 25.3 Å². The first kappa shape index (κ1) is 19.2. The van der Waals surface area contributed by atoms with E-state index in [1.54, 1.807) is 0 Å². The first-order valence-corrected chi connectivity index (χ1v) is 8.94. The number of hydrogen-bond donors (Lipinski definition) is 2. The molecule has 2 N–H and O–H groups in total. The Hall–Kier alpha value is -2.11. The van der Waals surface area contributed by atoms with E-state index in [0.717, 1.165) is 23.4 Å². The third-order valence-corrected chi connectivity index (χ3v) is 3.99. The first-order valence-electron chi connectivity index (χ1n) is 8.15. The van der Waals surface area contributed by atoms with Crippen LogP contribution in [0.15, 0.2) is 48.5 Å². The lowest BCUT2D eigenvalue weighted by molar-refractivity contribution is -0.119. The number of halogens is 1. The second-order valence-electron chi connectivity index (χ2n) is 5.47. The third-order valence-electron chi connectivity index (χ3n) is 3.42. The van der Waals surface area contributed by atoms with E-state index in [9.17, 15) is 4.79 Å². The number of nitrogens with one attached hydrogen (secondary N) is 2. The van der Waals surface area contributed by atoms with Crippen molar-refractivity contribution in [2.45, 2.75) is 26.2 Å². The van der Waals surface area contributed by atoms with Crippen molar-refractivity contribution in [2.24, 2.45) is 0 Å². The van der Waals surface area contributed by atoms with E-state index < -0.39 is 0 Å². The van der Waals surface area contributed by atoms with Crippen LogP contribution in [0.4, 0.5) is 5.69 Å². The van der Waals surface area contributed by atoms with Gasteiger partial charge in [-0.05, 0) is 61.0 Å². The summed E-state index contributed by atoms with van der Waals surface area (Å²) in [4.78, 5) is 12.0. The Bertz CT molecular complexity index is 720. The molecule has 0 heterocycles. The molecule has 0 aliphatic heterocycles. The molecule has 2 rings (SSSR count). The highest BCUT2D eigenvalue weighted by molar-refractivity contribution is 7.80. The molecule has 6 heteroatoms. The van der Waals surface area contributed by atoms with Crippen molar-refractivity contribution < 1.29 is 9.53 Å². The smallest absolute Gasteiger partial charge is 0.226 e. The van der Waals surface area contributed by atoms with Gasteiger partial charge in [0, 0.05) is 17.1 Å². The highest BCUT2D eigenvalue weighted by Gasteiger charge is 2.07. The zero-order chi connectivity index (χ0) is 18.1. The summed E-state index contributed by atoms with van der Waals surface area (Å²) in [5.74, 6) is 0.655. The third kappa shape index (κ3) is 6.72. The maximum Gasteiger partial charge on any atom is 0.226 e. The lowest BCUT2D eigenvalue weighted by Gasteiger charge is -2.11. The van der Waals surface area contributed by atoms with Crippen LogP contribution in [0.25, 0.3) is 0 Å². The molecule has 0 unspecified atom stereocenters. The van der Waals surface area contributed by atoms with Crippen LogP contribution in [-0.4, -0.2) is 17.6 Å². The van der Waals surface area contributed by atoms with E-state index in [-0.39, 0.29) is 11.0 Å². The lowest BCUT2D eigenvalue weighted by atomic mass is 10.1. The number of ether oxygens (including phenoxy) is 1. The average molecular weight is 377 g/mol. The molecule has 0 aliphatic rings. The zero-order valence-corrected chi connectivity index (χ0v) is 15.6. The topological polar surface area (TPSA) is 50.4 Å².